The van der Waals surface area contributed by atoms with Crippen LogP contribution in [0.1, 0.15) is 50.9 Å². The SMILES string of the molecule is CC1CCC(n2cncc2[C@H](C)N)C1. The molecule has 0 amide bonds. The topological polar surface area (TPSA) is 43.8 Å². The van der Waals surface area contributed by atoms with Crippen molar-refractivity contribution in [2.75, 3.05) is 0 Å². The molecule has 1 aliphatic carbocycles. The highest BCUT2D eigenvalue weighted by Gasteiger charge is 2.24. The van der Waals surface area contributed by atoms with Crippen molar-refractivity contribution in [3.05, 3.63) is 18.2 Å². The molecule has 0 spiro atoms. The first-order valence-electron chi connectivity index (χ1n) is 5.45. The lowest BCUT2D eigenvalue weighted by Crippen LogP contribution is -2.14. The zero-order valence-electron chi connectivity index (χ0n) is 8.98. The van der Waals surface area contributed by atoms with Gasteiger partial charge in [-0.05, 0) is 32.1 Å². The second kappa shape index (κ2) is 3.73. The molecular weight excluding hydrogens is 174 g/mol. The summed E-state index contributed by atoms with van der Waals surface area (Å²) in [6, 6.07) is 0.724. The molecule has 1 fully saturated rings. The highest BCUT2D eigenvalue weighted by Crippen LogP contribution is 2.35. The minimum absolute atomic E-state index is 0.0911. The van der Waals surface area contributed by atoms with Crippen molar-refractivity contribution in [1.82, 2.24) is 9.55 Å². The van der Waals surface area contributed by atoms with Crippen LogP contribution in [0.5, 0.6) is 0 Å². The van der Waals surface area contributed by atoms with Crippen LogP contribution in [-0.2, 0) is 0 Å². The maximum atomic E-state index is 5.90. The molecule has 0 saturated heterocycles. The summed E-state index contributed by atoms with van der Waals surface area (Å²) in [5.74, 6) is 0.850. The molecule has 3 heteroatoms. The van der Waals surface area contributed by atoms with Crippen LogP contribution in [0.25, 0.3) is 0 Å². The third kappa shape index (κ3) is 1.69. The summed E-state index contributed by atoms with van der Waals surface area (Å²) in [5.41, 5.74) is 7.07. The molecule has 0 bridgehead atoms. The van der Waals surface area contributed by atoms with Gasteiger partial charge in [0.05, 0.1) is 12.0 Å². The monoisotopic (exact) mass is 193 g/mol. The Morgan fingerprint density at radius 2 is 2.36 bits per heavy atom. The van der Waals surface area contributed by atoms with Gasteiger partial charge in [0.2, 0.25) is 0 Å². The van der Waals surface area contributed by atoms with E-state index in [4.69, 9.17) is 5.73 Å². The normalized spacial score (nSPS) is 29.4. The van der Waals surface area contributed by atoms with Gasteiger partial charge in [-0.3, -0.25) is 0 Å². The van der Waals surface area contributed by atoms with Crippen molar-refractivity contribution in [3.8, 4) is 0 Å². The van der Waals surface area contributed by atoms with Crippen molar-refractivity contribution < 1.29 is 0 Å². The van der Waals surface area contributed by atoms with Gasteiger partial charge in [-0.25, -0.2) is 4.98 Å². The smallest absolute Gasteiger partial charge is 0.0951 e. The third-order valence-corrected chi connectivity index (χ3v) is 3.22. The van der Waals surface area contributed by atoms with E-state index in [1.165, 1.54) is 25.0 Å². The molecule has 3 atom stereocenters. The van der Waals surface area contributed by atoms with Crippen molar-refractivity contribution in [1.29, 1.82) is 0 Å². The molecule has 2 N–H and O–H groups in total. The van der Waals surface area contributed by atoms with Crippen molar-refractivity contribution >= 4 is 0 Å². The summed E-state index contributed by atoms with van der Waals surface area (Å²) in [7, 11) is 0. The van der Waals surface area contributed by atoms with Crippen molar-refractivity contribution in [2.45, 2.75) is 45.2 Å². The van der Waals surface area contributed by atoms with Crippen molar-refractivity contribution in [2.24, 2.45) is 11.7 Å². The molecule has 0 radical (unpaired) electrons. The van der Waals surface area contributed by atoms with E-state index in [0.29, 0.717) is 6.04 Å². The Labute approximate surface area is 85.3 Å². The Morgan fingerprint density at radius 3 is 2.93 bits per heavy atom. The Balaban J connectivity index is 2.19. The van der Waals surface area contributed by atoms with E-state index in [2.05, 4.69) is 16.5 Å². The van der Waals surface area contributed by atoms with Crippen LogP contribution in [0, 0.1) is 5.92 Å². The molecule has 2 unspecified atom stereocenters. The highest BCUT2D eigenvalue weighted by molar-refractivity contribution is 5.05. The Hall–Kier alpha value is -0.830. The first kappa shape index (κ1) is 9.71. The maximum Gasteiger partial charge on any atom is 0.0951 e. The lowest BCUT2D eigenvalue weighted by atomic mass is 10.1. The second-order valence-corrected chi connectivity index (χ2v) is 4.59. The van der Waals surface area contributed by atoms with Crippen LogP contribution in [0.4, 0.5) is 0 Å². The van der Waals surface area contributed by atoms with E-state index < -0.39 is 0 Å². The lowest BCUT2D eigenvalue weighted by molar-refractivity contribution is 0.470. The van der Waals surface area contributed by atoms with Crippen LogP contribution < -0.4 is 5.73 Å². The van der Waals surface area contributed by atoms with Gasteiger partial charge in [-0.15, -0.1) is 0 Å². The molecule has 1 aliphatic rings. The van der Waals surface area contributed by atoms with E-state index in [1.807, 2.05) is 19.4 Å². The molecule has 1 heterocycles. The van der Waals surface area contributed by atoms with E-state index in [1.54, 1.807) is 0 Å². The van der Waals surface area contributed by atoms with Crippen LogP contribution in [0.15, 0.2) is 12.5 Å². The first-order chi connectivity index (χ1) is 6.68. The van der Waals surface area contributed by atoms with E-state index >= 15 is 0 Å². The van der Waals surface area contributed by atoms with Gasteiger partial charge in [0.15, 0.2) is 0 Å². The Kier molecular flexibility index (Phi) is 2.59. The summed E-state index contributed by atoms with van der Waals surface area (Å²) in [4.78, 5) is 4.20. The predicted molar refractivity (Wildman–Crippen MR) is 56.9 cm³/mol. The fourth-order valence-corrected chi connectivity index (χ4v) is 2.40. The molecule has 3 nitrogen and oxygen atoms in total. The molecule has 0 aliphatic heterocycles. The summed E-state index contributed by atoms with van der Waals surface area (Å²) >= 11 is 0. The van der Waals surface area contributed by atoms with E-state index in [9.17, 15) is 0 Å². The summed E-state index contributed by atoms with van der Waals surface area (Å²) < 4.78 is 2.27. The fourth-order valence-electron chi connectivity index (χ4n) is 2.40. The minimum atomic E-state index is 0.0911. The van der Waals surface area contributed by atoms with Crippen LogP contribution in [0.2, 0.25) is 0 Å². The molecule has 1 aromatic heterocycles. The highest BCUT2D eigenvalue weighted by atomic mass is 15.1. The predicted octanol–water partition coefficient (Wildman–Crippen LogP) is 2.26. The van der Waals surface area contributed by atoms with E-state index in [-0.39, 0.29) is 6.04 Å². The summed E-state index contributed by atoms with van der Waals surface area (Å²) in [5, 5.41) is 0. The zero-order valence-corrected chi connectivity index (χ0v) is 8.98. The summed E-state index contributed by atoms with van der Waals surface area (Å²) in [6.07, 6.45) is 7.71. The molecule has 1 saturated carbocycles. The number of nitrogens with two attached hydrogens (primary N) is 1. The van der Waals surface area contributed by atoms with Gasteiger partial charge in [-0.1, -0.05) is 6.92 Å². The number of imidazole rings is 1. The minimum Gasteiger partial charge on any atom is -0.330 e. The molecular formula is C11H19N3. The third-order valence-electron chi connectivity index (χ3n) is 3.22. The van der Waals surface area contributed by atoms with Gasteiger partial charge in [0, 0.05) is 18.3 Å². The largest absolute Gasteiger partial charge is 0.330 e. The van der Waals surface area contributed by atoms with Crippen LogP contribution in [0.3, 0.4) is 0 Å². The molecule has 1 aromatic rings. The quantitative estimate of drug-likeness (QED) is 0.783. The van der Waals surface area contributed by atoms with Gasteiger partial charge >= 0.3 is 0 Å². The number of nitrogens with zero attached hydrogens (tertiary/aromatic N) is 2. The number of hydrogen-bond acceptors (Lipinski definition) is 2. The second-order valence-electron chi connectivity index (χ2n) is 4.59. The zero-order chi connectivity index (χ0) is 10.1. The number of rotatable bonds is 2. The van der Waals surface area contributed by atoms with Crippen LogP contribution >= 0.6 is 0 Å². The number of hydrogen-bond donors (Lipinski definition) is 1. The lowest BCUT2D eigenvalue weighted by Gasteiger charge is -2.17. The van der Waals surface area contributed by atoms with Crippen LogP contribution in [-0.4, -0.2) is 9.55 Å². The standard InChI is InChI=1S/C11H19N3/c1-8-3-4-10(5-8)14-7-13-6-11(14)9(2)12/h6-10H,3-5,12H2,1-2H3/t8?,9-,10?/m0/s1. The van der Waals surface area contributed by atoms with Gasteiger partial charge in [-0.2, -0.15) is 0 Å². The van der Waals surface area contributed by atoms with Gasteiger partial charge in [0.1, 0.15) is 0 Å². The molecule has 2 rings (SSSR count). The number of aromatic nitrogens is 2. The average molecular weight is 193 g/mol. The first-order valence-corrected chi connectivity index (χ1v) is 5.45. The van der Waals surface area contributed by atoms with Gasteiger partial charge in [0.25, 0.3) is 0 Å². The average Bonchev–Trinajstić information content (AvgIpc) is 2.70. The fraction of sp³-hybridized carbons (Fsp3) is 0.727. The Morgan fingerprint density at radius 1 is 1.57 bits per heavy atom. The Bertz CT molecular complexity index is 303. The van der Waals surface area contributed by atoms with E-state index in [0.717, 1.165) is 5.92 Å². The maximum absolute atomic E-state index is 5.90. The molecule has 78 valence electrons. The molecule has 0 aromatic carbocycles. The summed E-state index contributed by atoms with van der Waals surface area (Å²) in [6.45, 7) is 4.34. The van der Waals surface area contributed by atoms with Gasteiger partial charge < -0.3 is 10.3 Å². The molecule has 14 heavy (non-hydrogen) atoms. The van der Waals surface area contributed by atoms with Crippen molar-refractivity contribution in [3.63, 3.8) is 0 Å².